The van der Waals surface area contributed by atoms with Crippen molar-refractivity contribution in [2.45, 2.75) is 18.4 Å². The smallest absolute Gasteiger partial charge is 0.268 e. The first-order valence-corrected chi connectivity index (χ1v) is 16.7. The van der Waals surface area contributed by atoms with E-state index in [-0.39, 0.29) is 4.90 Å². The molecule has 0 radical (unpaired) electrons. The predicted octanol–water partition coefficient (Wildman–Crippen LogP) is 6.21. The van der Waals surface area contributed by atoms with Gasteiger partial charge in [0.15, 0.2) is 0 Å². The van der Waals surface area contributed by atoms with Gasteiger partial charge in [-0.05, 0) is 89.9 Å². The summed E-state index contributed by atoms with van der Waals surface area (Å²) in [6.07, 6.45) is 1.55. The Balaban J connectivity index is 1.04. The topological polar surface area (TPSA) is 100 Å². The quantitative estimate of drug-likeness (QED) is 0.210. The molecule has 8 nitrogen and oxygen atoms in total. The third-order valence-electron chi connectivity index (χ3n) is 9.46. The molecule has 226 valence electrons. The fourth-order valence-corrected chi connectivity index (χ4v) is 8.66. The Kier molecular flexibility index (Phi) is 6.71. The summed E-state index contributed by atoms with van der Waals surface area (Å²) in [6.45, 7) is 5.25. The third kappa shape index (κ3) is 4.97. The lowest BCUT2D eigenvalue weighted by Crippen LogP contribution is -2.24. The molecule has 1 aliphatic heterocycles. The van der Waals surface area contributed by atoms with Crippen LogP contribution < -0.4 is 5.32 Å². The van der Waals surface area contributed by atoms with E-state index < -0.39 is 10.0 Å². The highest BCUT2D eigenvalue weighted by molar-refractivity contribution is 7.90. The maximum atomic E-state index is 13.5. The molecule has 1 saturated carbocycles. The summed E-state index contributed by atoms with van der Waals surface area (Å²) >= 11 is 0. The number of hydrogen-bond acceptors (Lipinski definition) is 7. The van der Waals surface area contributed by atoms with Crippen LogP contribution >= 0.6 is 0 Å². The fraction of sp³-hybridized carbons (Fsp3) is 0.222. The van der Waals surface area contributed by atoms with Gasteiger partial charge < -0.3 is 10.4 Å². The van der Waals surface area contributed by atoms with Crippen molar-refractivity contribution in [2.24, 2.45) is 17.8 Å². The average molecular weight is 616 g/mol. The first-order valence-electron chi connectivity index (χ1n) is 15.3. The lowest BCUT2D eigenvalue weighted by molar-refractivity contribution is 0.217. The van der Waals surface area contributed by atoms with Crippen LogP contribution in [0.2, 0.25) is 0 Å². The summed E-state index contributed by atoms with van der Waals surface area (Å²) in [4.78, 5) is 11.8. The number of piperidine rings is 1. The molecule has 1 saturated heterocycles. The van der Waals surface area contributed by atoms with Crippen molar-refractivity contribution in [1.82, 2.24) is 18.8 Å². The zero-order chi connectivity index (χ0) is 30.7. The van der Waals surface area contributed by atoms with Crippen LogP contribution in [0.1, 0.15) is 11.3 Å². The zero-order valence-corrected chi connectivity index (χ0v) is 25.7. The number of aryl methyl sites for hydroxylation is 1. The lowest BCUT2D eigenvalue weighted by atomic mass is 10.0. The van der Waals surface area contributed by atoms with Gasteiger partial charge >= 0.3 is 0 Å². The summed E-state index contributed by atoms with van der Waals surface area (Å²) in [5.74, 6) is 2.57. The number of aromatic nitrogens is 3. The zero-order valence-electron chi connectivity index (χ0n) is 24.8. The number of likely N-dealkylation sites (tertiary alicyclic amines) is 1. The van der Waals surface area contributed by atoms with Crippen LogP contribution in [0.4, 0.5) is 11.5 Å². The van der Waals surface area contributed by atoms with Crippen molar-refractivity contribution in [3.63, 3.8) is 0 Å². The third-order valence-corrected chi connectivity index (χ3v) is 11.3. The summed E-state index contributed by atoms with van der Waals surface area (Å²) in [5.41, 5.74) is 6.39. The highest BCUT2D eigenvalue weighted by Crippen LogP contribution is 2.51. The number of anilines is 2. The maximum Gasteiger partial charge on any atom is 0.268 e. The Bertz CT molecular complexity index is 2150. The van der Waals surface area contributed by atoms with E-state index in [2.05, 4.69) is 56.6 Å². The van der Waals surface area contributed by atoms with Crippen LogP contribution in [0.15, 0.2) is 108 Å². The van der Waals surface area contributed by atoms with Gasteiger partial charge in [0.25, 0.3) is 10.0 Å². The highest BCUT2D eigenvalue weighted by atomic mass is 32.2. The number of nitrogens with zero attached hydrogens (tertiary/aromatic N) is 4. The highest BCUT2D eigenvalue weighted by Gasteiger charge is 2.54. The summed E-state index contributed by atoms with van der Waals surface area (Å²) < 4.78 is 28.3. The minimum atomic E-state index is -3.73. The van der Waals surface area contributed by atoms with Gasteiger partial charge in [0, 0.05) is 48.4 Å². The van der Waals surface area contributed by atoms with Crippen molar-refractivity contribution >= 4 is 43.3 Å². The molecule has 8 rings (SSSR count). The molecule has 2 fully saturated rings. The number of aliphatic hydroxyl groups is 1. The molecule has 6 aromatic rings. The average Bonchev–Trinajstić information content (AvgIpc) is 3.34. The van der Waals surface area contributed by atoms with Crippen LogP contribution in [0.25, 0.3) is 32.9 Å². The van der Waals surface area contributed by atoms with E-state index in [1.807, 2.05) is 30.3 Å². The Morgan fingerprint density at radius 1 is 0.867 bits per heavy atom. The predicted molar refractivity (Wildman–Crippen MR) is 177 cm³/mol. The number of nitrogens with one attached hydrogen (secondary N) is 1. The van der Waals surface area contributed by atoms with Crippen LogP contribution in [0.5, 0.6) is 0 Å². The molecule has 0 bridgehead atoms. The maximum absolute atomic E-state index is 13.5. The van der Waals surface area contributed by atoms with Crippen molar-refractivity contribution in [2.75, 3.05) is 25.0 Å². The first-order chi connectivity index (χ1) is 21.9. The van der Waals surface area contributed by atoms with Crippen LogP contribution in [0.3, 0.4) is 0 Å². The van der Waals surface area contributed by atoms with Gasteiger partial charge in [-0.15, -0.1) is 0 Å². The largest absolute Gasteiger partial charge is 0.396 e. The van der Waals surface area contributed by atoms with E-state index >= 15 is 0 Å². The molecular weight excluding hydrogens is 582 g/mol. The Morgan fingerprint density at radius 2 is 1.62 bits per heavy atom. The van der Waals surface area contributed by atoms with Crippen LogP contribution in [-0.4, -0.2) is 52.1 Å². The number of rotatable bonds is 8. The fourth-order valence-electron chi connectivity index (χ4n) is 7.09. The number of aliphatic hydroxyl groups excluding tert-OH is 1. The molecule has 9 heteroatoms. The second-order valence-corrected chi connectivity index (χ2v) is 14.1. The van der Waals surface area contributed by atoms with E-state index in [1.54, 1.807) is 43.6 Å². The van der Waals surface area contributed by atoms with Gasteiger partial charge in [-0.1, -0.05) is 48.5 Å². The normalized spacial score (nSPS) is 19.6. The van der Waals surface area contributed by atoms with E-state index in [1.165, 1.54) is 9.54 Å². The van der Waals surface area contributed by atoms with Crippen molar-refractivity contribution < 1.29 is 13.5 Å². The molecule has 45 heavy (non-hydrogen) atoms. The van der Waals surface area contributed by atoms with E-state index in [9.17, 15) is 13.5 Å². The Labute approximate surface area is 262 Å². The Hall–Kier alpha value is -4.57. The number of benzene rings is 4. The molecule has 2 unspecified atom stereocenters. The second kappa shape index (κ2) is 10.8. The molecule has 0 amide bonds. The van der Waals surface area contributed by atoms with Gasteiger partial charge in [-0.25, -0.2) is 22.4 Å². The molecule has 2 aliphatic rings. The van der Waals surface area contributed by atoms with E-state index in [0.29, 0.717) is 41.4 Å². The number of fused-ring (bicyclic) bond motifs is 3. The van der Waals surface area contributed by atoms with Gasteiger partial charge in [0.1, 0.15) is 12.1 Å². The number of hydrogen-bond donors (Lipinski definition) is 2. The lowest BCUT2D eigenvalue weighted by Gasteiger charge is -2.19. The SMILES string of the molecule is Cc1cc2cc(Nc3ncnc4ccc(-c5ccc(CN6CC7C(CO)C7C6)cc5)cc34)ccc2n1S(=O)(=O)c1ccccc1. The van der Waals surface area contributed by atoms with Crippen LogP contribution in [-0.2, 0) is 16.6 Å². The van der Waals surface area contributed by atoms with Crippen LogP contribution in [0, 0.1) is 24.7 Å². The van der Waals surface area contributed by atoms with Gasteiger partial charge in [0.2, 0.25) is 0 Å². The molecule has 0 spiro atoms. The second-order valence-electron chi connectivity index (χ2n) is 12.3. The van der Waals surface area contributed by atoms with Crippen molar-refractivity contribution in [3.8, 4) is 11.1 Å². The molecule has 2 N–H and O–H groups in total. The molecule has 2 aromatic heterocycles. The van der Waals surface area contributed by atoms with Crippen molar-refractivity contribution in [3.05, 3.63) is 115 Å². The standard InChI is InChI=1S/C36H33N5O3S/c1-23-15-27-16-28(12-14-35(27)41(23)45(43,44)29-5-3-2-4-6-29)39-36-30-17-26(11-13-34(30)37-22-38-36)25-9-7-24(8-10-25)18-40-19-31-32(20-40)33(31)21-42/h2-17,22,31-33,42H,18-21H2,1H3,(H,37,38,39). The van der Waals surface area contributed by atoms with Gasteiger partial charge in [0.05, 0.1) is 15.9 Å². The minimum absolute atomic E-state index is 0.255. The molecule has 2 atom stereocenters. The van der Waals surface area contributed by atoms with E-state index in [0.717, 1.165) is 52.7 Å². The van der Waals surface area contributed by atoms with Crippen molar-refractivity contribution in [1.29, 1.82) is 0 Å². The summed E-state index contributed by atoms with van der Waals surface area (Å²) in [5, 5.41) is 14.6. The van der Waals surface area contributed by atoms with E-state index in [4.69, 9.17) is 0 Å². The summed E-state index contributed by atoms with van der Waals surface area (Å²) in [6, 6.07) is 31.0. The Morgan fingerprint density at radius 3 is 2.38 bits per heavy atom. The monoisotopic (exact) mass is 615 g/mol. The van der Waals surface area contributed by atoms with Gasteiger partial charge in [-0.3, -0.25) is 4.90 Å². The molecular formula is C36H33N5O3S. The molecule has 1 aliphatic carbocycles. The molecule has 4 aromatic carbocycles. The summed E-state index contributed by atoms with van der Waals surface area (Å²) in [7, 11) is -3.73. The van der Waals surface area contributed by atoms with Gasteiger partial charge in [-0.2, -0.15) is 0 Å². The minimum Gasteiger partial charge on any atom is -0.396 e. The molecule has 3 heterocycles. The first kappa shape index (κ1) is 27.9.